The molecule has 5 nitrogen and oxygen atoms in total. The van der Waals surface area contributed by atoms with Crippen molar-refractivity contribution in [2.24, 2.45) is 5.92 Å². The van der Waals surface area contributed by atoms with Crippen molar-refractivity contribution >= 4 is 12.1 Å². The fourth-order valence-electron chi connectivity index (χ4n) is 2.70. The highest BCUT2D eigenvalue weighted by Crippen LogP contribution is 2.20. The molecule has 134 valence electrons. The third kappa shape index (κ3) is 7.71. The van der Waals surface area contributed by atoms with Crippen LogP contribution < -0.4 is 0 Å². The molecule has 1 aliphatic rings. The van der Waals surface area contributed by atoms with Crippen LogP contribution in [0.3, 0.4) is 0 Å². The van der Waals surface area contributed by atoms with E-state index in [1.807, 2.05) is 13.8 Å². The standard InChI is InChI=1S/C18H33NO4/c1-4-5-6-7-8-9-13-22-17(20)16-11-10-12-19(16)18(21)23-14-15(2)3/h15-16H,4-14H2,1-3H3/t16-/m0/s1. The molecule has 0 bridgehead atoms. The van der Waals surface area contributed by atoms with Gasteiger partial charge in [-0.15, -0.1) is 0 Å². The first-order valence-electron chi connectivity index (χ1n) is 9.16. The van der Waals surface area contributed by atoms with Crippen LogP contribution >= 0.6 is 0 Å². The summed E-state index contributed by atoms with van der Waals surface area (Å²) in [6.07, 6.45) is 8.06. The van der Waals surface area contributed by atoms with E-state index in [1.165, 1.54) is 30.6 Å². The lowest BCUT2D eigenvalue weighted by Gasteiger charge is -2.23. The number of amides is 1. The number of carbonyl (C=O) groups is 2. The summed E-state index contributed by atoms with van der Waals surface area (Å²) < 4.78 is 10.6. The van der Waals surface area contributed by atoms with Crippen molar-refractivity contribution in [3.8, 4) is 0 Å². The predicted molar refractivity (Wildman–Crippen MR) is 90.2 cm³/mol. The molecular formula is C18H33NO4. The maximum atomic E-state index is 12.2. The van der Waals surface area contributed by atoms with E-state index in [0.717, 1.165) is 19.3 Å². The topological polar surface area (TPSA) is 55.8 Å². The van der Waals surface area contributed by atoms with E-state index in [-0.39, 0.29) is 5.97 Å². The summed E-state index contributed by atoms with van der Waals surface area (Å²) in [6.45, 7) is 7.59. The van der Waals surface area contributed by atoms with Crippen LogP contribution in [0.2, 0.25) is 0 Å². The first-order valence-corrected chi connectivity index (χ1v) is 9.16. The highest BCUT2D eigenvalue weighted by Gasteiger charge is 2.36. The van der Waals surface area contributed by atoms with Crippen molar-refractivity contribution in [1.82, 2.24) is 4.90 Å². The van der Waals surface area contributed by atoms with Crippen molar-refractivity contribution in [3.63, 3.8) is 0 Å². The van der Waals surface area contributed by atoms with Crippen molar-refractivity contribution < 1.29 is 19.1 Å². The number of unbranched alkanes of at least 4 members (excludes halogenated alkanes) is 5. The highest BCUT2D eigenvalue weighted by atomic mass is 16.6. The fourth-order valence-corrected chi connectivity index (χ4v) is 2.70. The van der Waals surface area contributed by atoms with E-state index >= 15 is 0 Å². The Balaban J connectivity index is 2.24. The molecule has 0 aromatic carbocycles. The van der Waals surface area contributed by atoms with Crippen LogP contribution in [0.15, 0.2) is 0 Å². The molecule has 0 aromatic heterocycles. The molecule has 1 rings (SSSR count). The minimum absolute atomic E-state index is 0.280. The minimum atomic E-state index is -0.463. The molecule has 0 radical (unpaired) electrons. The van der Waals surface area contributed by atoms with Gasteiger partial charge in [0.25, 0.3) is 0 Å². The second-order valence-corrected chi connectivity index (χ2v) is 6.76. The number of nitrogens with zero attached hydrogens (tertiary/aromatic N) is 1. The third-order valence-corrected chi connectivity index (χ3v) is 4.04. The van der Waals surface area contributed by atoms with Gasteiger partial charge in [-0.1, -0.05) is 52.9 Å². The lowest BCUT2D eigenvalue weighted by molar-refractivity contribution is -0.148. The first kappa shape index (κ1) is 19.8. The van der Waals surface area contributed by atoms with Gasteiger partial charge in [0.1, 0.15) is 6.04 Å². The zero-order valence-electron chi connectivity index (χ0n) is 15.0. The smallest absolute Gasteiger partial charge is 0.410 e. The Morgan fingerprint density at radius 1 is 1.09 bits per heavy atom. The Labute approximate surface area is 140 Å². The molecule has 1 aliphatic heterocycles. The van der Waals surface area contributed by atoms with Crippen molar-refractivity contribution in [1.29, 1.82) is 0 Å². The SMILES string of the molecule is CCCCCCCCOC(=O)[C@@H]1CCCN1C(=O)OCC(C)C. The van der Waals surface area contributed by atoms with Crippen molar-refractivity contribution in [2.75, 3.05) is 19.8 Å². The predicted octanol–water partition coefficient (Wildman–Crippen LogP) is 4.15. The van der Waals surface area contributed by atoms with Gasteiger partial charge in [0, 0.05) is 6.54 Å². The molecule has 0 N–H and O–H groups in total. The van der Waals surface area contributed by atoms with Crippen LogP contribution in [0, 0.1) is 5.92 Å². The van der Waals surface area contributed by atoms with Crippen LogP contribution in [-0.4, -0.2) is 42.8 Å². The Morgan fingerprint density at radius 2 is 1.78 bits per heavy atom. The van der Waals surface area contributed by atoms with Crippen LogP contribution in [0.5, 0.6) is 0 Å². The number of hydrogen-bond donors (Lipinski definition) is 0. The number of rotatable bonds is 10. The summed E-state index contributed by atoms with van der Waals surface area (Å²) >= 11 is 0. The lowest BCUT2D eigenvalue weighted by Crippen LogP contribution is -2.42. The van der Waals surface area contributed by atoms with Gasteiger partial charge in [-0.25, -0.2) is 9.59 Å². The quantitative estimate of drug-likeness (QED) is 0.447. The summed E-state index contributed by atoms with van der Waals surface area (Å²) in [5.74, 6) is 0.0113. The average Bonchev–Trinajstić information content (AvgIpc) is 3.01. The molecule has 23 heavy (non-hydrogen) atoms. The molecule has 5 heteroatoms. The molecule has 1 atom stereocenters. The Morgan fingerprint density at radius 3 is 2.48 bits per heavy atom. The monoisotopic (exact) mass is 327 g/mol. The summed E-state index contributed by atoms with van der Waals surface area (Å²) in [5.41, 5.74) is 0. The Kier molecular flexibility index (Phi) is 9.72. The molecule has 1 heterocycles. The maximum Gasteiger partial charge on any atom is 0.410 e. The molecule has 0 aromatic rings. The van der Waals surface area contributed by atoms with Gasteiger partial charge in [-0.3, -0.25) is 4.90 Å². The molecule has 0 spiro atoms. The number of likely N-dealkylation sites (tertiary alicyclic amines) is 1. The minimum Gasteiger partial charge on any atom is -0.464 e. The zero-order valence-corrected chi connectivity index (χ0v) is 15.0. The highest BCUT2D eigenvalue weighted by molar-refractivity contribution is 5.82. The van der Waals surface area contributed by atoms with Gasteiger partial charge in [0.2, 0.25) is 0 Å². The molecule has 0 saturated carbocycles. The van der Waals surface area contributed by atoms with Gasteiger partial charge in [-0.05, 0) is 25.2 Å². The van der Waals surface area contributed by atoms with E-state index in [4.69, 9.17) is 9.47 Å². The molecular weight excluding hydrogens is 294 g/mol. The van der Waals surface area contributed by atoms with Crippen LogP contribution in [0.4, 0.5) is 4.79 Å². The van der Waals surface area contributed by atoms with Crippen molar-refractivity contribution in [3.05, 3.63) is 0 Å². The summed E-state index contributed by atoms with van der Waals surface area (Å²) in [6, 6.07) is -0.463. The Hall–Kier alpha value is -1.26. The molecule has 1 saturated heterocycles. The summed E-state index contributed by atoms with van der Waals surface area (Å²) in [4.78, 5) is 25.7. The number of ether oxygens (including phenoxy) is 2. The second kappa shape index (κ2) is 11.3. The number of carbonyl (C=O) groups excluding carboxylic acids is 2. The van der Waals surface area contributed by atoms with E-state index in [9.17, 15) is 9.59 Å². The fraction of sp³-hybridized carbons (Fsp3) is 0.889. The third-order valence-electron chi connectivity index (χ3n) is 4.04. The number of esters is 1. The van der Waals surface area contributed by atoms with Gasteiger partial charge in [0.15, 0.2) is 0 Å². The van der Waals surface area contributed by atoms with Crippen LogP contribution in [0.25, 0.3) is 0 Å². The summed E-state index contributed by atoms with van der Waals surface area (Å²) in [7, 11) is 0. The van der Waals surface area contributed by atoms with Crippen LogP contribution in [-0.2, 0) is 14.3 Å². The van der Waals surface area contributed by atoms with E-state index in [1.54, 1.807) is 0 Å². The second-order valence-electron chi connectivity index (χ2n) is 6.76. The Bertz CT molecular complexity index is 357. The van der Waals surface area contributed by atoms with E-state index < -0.39 is 12.1 Å². The van der Waals surface area contributed by atoms with E-state index in [2.05, 4.69) is 6.92 Å². The normalized spacial score (nSPS) is 17.6. The average molecular weight is 327 g/mol. The zero-order chi connectivity index (χ0) is 17.1. The molecule has 0 unspecified atom stereocenters. The van der Waals surface area contributed by atoms with Crippen molar-refractivity contribution in [2.45, 2.75) is 78.2 Å². The molecule has 0 aliphatic carbocycles. The first-order chi connectivity index (χ1) is 11.1. The number of hydrogen-bond acceptors (Lipinski definition) is 4. The largest absolute Gasteiger partial charge is 0.464 e. The maximum absolute atomic E-state index is 12.2. The molecule has 1 amide bonds. The lowest BCUT2D eigenvalue weighted by atomic mass is 10.1. The molecule has 1 fully saturated rings. The van der Waals surface area contributed by atoms with Gasteiger partial charge >= 0.3 is 12.1 Å². The van der Waals surface area contributed by atoms with Gasteiger partial charge in [0.05, 0.1) is 13.2 Å². The summed E-state index contributed by atoms with van der Waals surface area (Å²) in [5, 5.41) is 0. The van der Waals surface area contributed by atoms with Gasteiger partial charge < -0.3 is 9.47 Å². The van der Waals surface area contributed by atoms with E-state index in [0.29, 0.717) is 32.1 Å². The van der Waals surface area contributed by atoms with Crippen LogP contribution in [0.1, 0.15) is 72.1 Å². The van der Waals surface area contributed by atoms with Gasteiger partial charge in [-0.2, -0.15) is 0 Å².